The molecular weight excluding hydrogens is 238 g/mol. The van der Waals surface area contributed by atoms with E-state index in [9.17, 15) is 0 Å². The summed E-state index contributed by atoms with van der Waals surface area (Å²) in [5.74, 6) is 0.938. The molecule has 1 aromatic heterocycles. The number of nitrogens with two attached hydrogens (primary N) is 1. The van der Waals surface area contributed by atoms with Gasteiger partial charge in [-0.05, 0) is 24.6 Å². The lowest BCUT2D eigenvalue weighted by molar-refractivity contribution is 0.697. The minimum absolute atomic E-state index is 0.390. The molecule has 0 aliphatic carbocycles. The molecule has 0 aliphatic heterocycles. The number of anilines is 2. The Morgan fingerprint density at radius 1 is 1.47 bits per heavy atom. The van der Waals surface area contributed by atoms with Crippen LogP contribution in [0.5, 0.6) is 0 Å². The van der Waals surface area contributed by atoms with Gasteiger partial charge >= 0.3 is 0 Å². The molecule has 0 bridgehead atoms. The summed E-state index contributed by atoms with van der Waals surface area (Å²) < 4.78 is 1.64. The van der Waals surface area contributed by atoms with Crippen LogP contribution in [0.25, 0.3) is 0 Å². The Hall–Kier alpha value is -1.75. The van der Waals surface area contributed by atoms with Crippen LogP contribution in [-0.2, 0) is 6.54 Å². The molecule has 17 heavy (non-hydrogen) atoms. The number of rotatable bonds is 4. The summed E-state index contributed by atoms with van der Waals surface area (Å²) in [6.45, 7) is 3.30. The van der Waals surface area contributed by atoms with Crippen molar-refractivity contribution in [2.45, 2.75) is 13.5 Å². The van der Waals surface area contributed by atoms with Crippen LogP contribution in [0, 0.1) is 0 Å². The highest BCUT2D eigenvalue weighted by Gasteiger charge is 2.06. The Kier molecular flexibility index (Phi) is 3.49. The van der Waals surface area contributed by atoms with Crippen LogP contribution >= 0.6 is 11.6 Å². The standard InChI is InChI=1S/C11H14ClN5/c1-2-14-11-15-10(13)17(16-11)7-8-4-3-5-9(12)6-8/h3-6H,2,7H2,1H3,(H3,13,14,15,16). The molecule has 0 unspecified atom stereocenters. The average molecular weight is 252 g/mol. The molecule has 3 N–H and O–H groups in total. The highest BCUT2D eigenvalue weighted by atomic mass is 35.5. The molecule has 0 amide bonds. The number of nitrogens with one attached hydrogen (secondary N) is 1. The summed E-state index contributed by atoms with van der Waals surface area (Å²) in [4.78, 5) is 4.10. The van der Waals surface area contributed by atoms with Gasteiger partial charge in [-0.25, -0.2) is 4.68 Å². The summed E-state index contributed by atoms with van der Waals surface area (Å²) >= 11 is 5.92. The lowest BCUT2D eigenvalue weighted by atomic mass is 10.2. The van der Waals surface area contributed by atoms with E-state index in [2.05, 4.69) is 15.4 Å². The monoisotopic (exact) mass is 251 g/mol. The maximum atomic E-state index is 5.92. The van der Waals surface area contributed by atoms with Crippen molar-refractivity contribution in [3.05, 3.63) is 34.9 Å². The van der Waals surface area contributed by atoms with Crippen molar-refractivity contribution in [3.8, 4) is 0 Å². The van der Waals surface area contributed by atoms with Gasteiger partial charge in [0.25, 0.3) is 0 Å². The third-order valence-electron chi connectivity index (χ3n) is 2.26. The van der Waals surface area contributed by atoms with Gasteiger partial charge in [0.2, 0.25) is 11.9 Å². The Bertz CT molecular complexity index is 508. The fourth-order valence-electron chi connectivity index (χ4n) is 1.51. The predicted molar refractivity (Wildman–Crippen MR) is 69.2 cm³/mol. The number of benzene rings is 1. The fraction of sp³-hybridized carbons (Fsp3) is 0.273. The Morgan fingerprint density at radius 2 is 2.29 bits per heavy atom. The predicted octanol–water partition coefficient (Wildman–Crippen LogP) is 1.99. The summed E-state index contributed by atoms with van der Waals surface area (Å²) in [5.41, 5.74) is 6.81. The van der Waals surface area contributed by atoms with Crippen LogP contribution in [-0.4, -0.2) is 21.3 Å². The summed E-state index contributed by atoms with van der Waals surface area (Å²) in [5, 5.41) is 7.97. The van der Waals surface area contributed by atoms with Crippen LogP contribution in [0.1, 0.15) is 12.5 Å². The maximum Gasteiger partial charge on any atom is 0.243 e. The second kappa shape index (κ2) is 5.05. The van der Waals surface area contributed by atoms with Gasteiger partial charge in [-0.1, -0.05) is 23.7 Å². The molecule has 5 nitrogen and oxygen atoms in total. The molecule has 1 aromatic carbocycles. The number of hydrogen-bond acceptors (Lipinski definition) is 4. The number of hydrogen-bond donors (Lipinski definition) is 2. The van der Waals surface area contributed by atoms with E-state index in [1.807, 2.05) is 31.2 Å². The van der Waals surface area contributed by atoms with E-state index in [1.54, 1.807) is 4.68 Å². The van der Waals surface area contributed by atoms with Crippen molar-refractivity contribution >= 4 is 23.5 Å². The van der Waals surface area contributed by atoms with Gasteiger partial charge in [0.1, 0.15) is 0 Å². The summed E-state index contributed by atoms with van der Waals surface area (Å²) in [6.07, 6.45) is 0. The molecule has 2 aromatic rings. The summed E-state index contributed by atoms with van der Waals surface area (Å²) in [7, 11) is 0. The Labute approximate surface area is 105 Å². The minimum atomic E-state index is 0.390. The second-order valence-corrected chi connectivity index (χ2v) is 4.05. The molecule has 6 heteroatoms. The van der Waals surface area contributed by atoms with E-state index < -0.39 is 0 Å². The first-order valence-corrected chi connectivity index (χ1v) is 5.75. The van der Waals surface area contributed by atoms with Crippen molar-refractivity contribution in [3.63, 3.8) is 0 Å². The first-order chi connectivity index (χ1) is 8.19. The molecule has 0 saturated carbocycles. The van der Waals surface area contributed by atoms with Crippen molar-refractivity contribution in [1.82, 2.24) is 14.8 Å². The van der Waals surface area contributed by atoms with Gasteiger partial charge in [-0.2, -0.15) is 4.98 Å². The van der Waals surface area contributed by atoms with E-state index in [0.717, 1.165) is 12.1 Å². The number of nitrogens with zero attached hydrogens (tertiary/aromatic N) is 3. The van der Waals surface area contributed by atoms with Crippen molar-refractivity contribution in [2.75, 3.05) is 17.6 Å². The topological polar surface area (TPSA) is 68.8 Å². The first kappa shape index (κ1) is 11.7. The molecule has 0 radical (unpaired) electrons. The molecular formula is C11H14ClN5. The van der Waals surface area contributed by atoms with E-state index in [-0.39, 0.29) is 0 Å². The fourth-order valence-corrected chi connectivity index (χ4v) is 1.72. The molecule has 0 atom stereocenters. The third kappa shape index (κ3) is 2.88. The minimum Gasteiger partial charge on any atom is -0.368 e. The normalized spacial score (nSPS) is 10.5. The molecule has 2 rings (SSSR count). The summed E-state index contributed by atoms with van der Waals surface area (Å²) in [6, 6.07) is 7.59. The smallest absolute Gasteiger partial charge is 0.243 e. The van der Waals surface area contributed by atoms with E-state index in [0.29, 0.717) is 23.5 Å². The average Bonchev–Trinajstić information content (AvgIpc) is 2.60. The highest BCUT2D eigenvalue weighted by molar-refractivity contribution is 6.30. The first-order valence-electron chi connectivity index (χ1n) is 5.37. The molecule has 0 saturated heterocycles. The lowest BCUT2D eigenvalue weighted by Crippen LogP contribution is -2.06. The van der Waals surface area contributed by atoms with E-state index in [1.165, 1.54) is 0 Å². The lowest BCUT2D eigenvalue weighted by Gasteiger charge is -2.03. The van der Waals surface area contributed by atoms with Crippen molar-refractivity contribution < 1.29 is 0 Å². The quantitative estimate of drug-likeness (QED) is 0.872. The highest BCUT2D eigenvalue weighted by Crippen LogP contribution is 2.13. The van der Waals surface area contributed by atoms with Gasteiger partial charge in [-0.3, -0.25) is 0 Å². The number of aromatic nitrogens is 3. The van der Waals surface area contributed by atoms with Gasteiger partial charge in [0, 0.05) is 11.6 Å². The van der Waals surface area contributed by atoms with Crippen molar-refractivity contribution in [2.24, 2.45) is 0 Å². The maximum absolute atomic E-state index is 5.92. The number of nitrogen functional groups attached to an aromatic ring is 1. The van der Waals surface area contributed by atoms with Crippen LogP contribution in [0.4, 0.5) is 11.9 Å². The van der Waals surface area contributed by atoms with Crippen LogP contribution in [0.3, 0.4) is 0 Å². The van der Waals surface area contributed by atoms with Gasteiger partial charge in [-0.15, -0.1) is 5.10 Å². The zero-order valence-electron chi connectivity index (χ0n) is 9.52. The van der Waals surface area contributed by atoms with Crippen molar-refractivity contribution in [1.29, 1.82) is 0 Å². The molecule has 0 spiro atoms. The van der Waals surface area contributed by atoms with Gasteiger partial charge < -0.3 is 11.1 Å². The third-order valence-corrected chi connectivity index (χ3v) is 2.49. The zero-order valence-corrected chi connectivity index (χ0v) is 10.3. The second-order valence-electron chi connectivity index (χ2n) is 3.61. The van der Waals surface area contributed by atoms with Crippen LogP contribution in [0.2, 0.25) is 5.02 Å². The molecule has 1 heterocycles. The van der Waals surface area contributed by atoms with Crippen LogP contribution < -0.4 is 11.1 Å². The van der Waals surface area contributed by atoms with Gasteiger partial charge in [0.15, 0.2) is 0 Å². The van der Waals surface area contributed by atoms with Crippen LogP contribution in [0.15, 0.2) is 24.3 Å². The zero-order chi connectivity index (χ0) is 12.3. The van der Waals surface area contributed by atoms with E-state index in [4.69, 9.17) is 17.3 Å². The van der Waals surface area contributed by atoms with Gasteiger partial charge in [0.05, 0.1) is 6.54 Å². The SMILES string of the molecule is CCNc1nc(N)n(Cc2cccc(Cl)c2)n1. The Balaban J connectivity index is 2.18. The number of halogens is 1. The Morgan fingerprint density at radius 3 is 3.00 bits per heavy atom. The molecule has 90 valence electrons. The molecule has 0 aliphatic rings. The molecule has 0 fully saturated rings. The largest absolute Gasteiger partial charge is 0.368 e. The van der Waals surface area contributed by atoms with E-state index >= 15 is 0 Å².